The fourth-order valence-corrected chi connectivity index (χ4v) is 4.89. The molecular formula is C30H40N6O4. The maximum atomic E-state index is 5.98. The van der Waals surface area contributed by atoms with Crippen LogP contribution in [0.5, 0.6) is 17.2 Å². The van der Waals surface area contributed by atoms with Gasteiger partial charge >= 0.3 is 0 Å². The lowest BCUT2D eigenvalue weighted by Gasteiger charge is -2.32. The molecule has 0 unspecified atom stereocenters. The molecule has 0 amide bonds. The van der Waals surface area contributed by atoms with E-state index < -0.39 is 0 Å². The van der Waals surface area contributed by atoms with E-state index in [-0.39, 0.29) is 12.2 Å². The smallest absolute Gasteiger partial charge is 0.295 e. The molecule has 0 atom stereocenters. The van der Waals surface area contributed by atoms with Crippen molar-refractivity contribution in [2.24, 2.45) is 0 Å². The third kappa shape index (κ3) is 7.88. The molecule has 10 heteroatoms. The van der Waals surface area contributed by atoms with Crippen molar-refractivity contribution in [3.63, 3.8) is 0 Å². The Morgan fingerprint density at radius 1 is 0.975 bits per heavy atom. The van der Waals surface area contributed by atoms with Crippen molar-refractivity contribution >= 4 is 17.1 Å². The summed E-state index contributed by atoms with van der Waals surface area (Å²) < 4.78 is 25.6. The predicted octanol–water partition coefficient (Wildman–Crippen LogP) is 5.54. The van der Waals surface area contributed by atoms with Gasteiger partial charge in [-0.05, 0) is 70.4 Å². The fourth-order valence-electron chi connectivity index (χ4n) is 4.89. The van der Waals surface area contributed by atoms with Crippen molar-refractivity contribution in [2.45, 2.75) is 78.3 Å². The van der Waals surface area contributed by atoms with E-state index in [0.29, 0.717) is 18.7 Å². The maximum Gasteiger partial charge on any atom is 0.295 e. The topological polar surface area (TPSA) is 99.7 Å². The summed E-state index contributed by atoms with van der Waals surface area (Å²) in [4.78, 5) is 11.1. The molecule has 0 radical (unpaired) electrons. The van der Waals surface area contributed by atoms with Gasteiger partial charge < -0.3 is 23.9 Å². The number of aryl methyl sites for hydroxylation is 1. The number of hydrogen-bond donors (Lipinski definition) is 1. The minimum absolute atomic E-state index is 0.117. The number of oxazole rings is 1. The van der Waals surface area contributed by atoms with E-state index in [9.17, 15) is 0 Å². The molecule has 3 heterocycles. The first kappa shape index (κ1) is 27.8. The zero-order chi connectivity index (χ0) is 27.9. The van der Waals surface area contributed by atoms with Crippen LogP contribution in [0, 0.1) is 0 Å². The second-order valence-electron chi connectivity index (χ2n) is 10.8. The average molecular weight is 549 g/mol. The van der Waals surface area contributed by atoms with Gasteiger partial charge in [0.2, 0.25) is 0 Å². The number of likely N-dealkylation sites (tertiary alicyclic amines) is 1. The Balaban J connectivity index is 1.11. The second-order valence-corrected chi connectivity index (χ2v) is 10.8. The Hall–Kier alpha value is -3.79. The van der Waals surface area contributed by atoms with Gasteiger partial charge in [-0.3, -0.25) is 9.58 Å². The van der Waals surface area contributed by atoms with Crippen LogP contribution in [0.2, 0.25) is 0 Å². The van der Waals surface area contributed by atoms with E-state index in [1.165, 1.54) is 11.9 Å². The van der Waals surface area contributed by atoms with Gasteiger partial charge in [0.05, 0.1) is 18.8 Å². The highest BCUT2D eigenvalue weighted by Gasteiger charge is 2.21. The number of ether oxygens (including phenoxy) is 3. The van der Waals surface area contributed by atoms with Gasteiger partial charge in [0, 0.05) is 50.8 Å². The minimum Gasteiger partial charge on any atom is -0.493 e. The molecule has 1 aliphatic rings. The Bertz CT molecular complexity index is 1320. The number of anilines is 1. The average Bonchev–Trinajstić information content (AvgIpc) is 3.56. The molecule has 5 rings (SSSR count). The molecular weight excluding hydrogens is 508 g/mol. The van der Waals surface area contributed by atoms with Crippen LogP contribution in [0.15, 0.2) is 53.5 Å². The van der Waals surface area contributed by atoms with E-state index in [0.717, 1.165) is 73.8 Å². The Morgan fingerprint density at radius 3 is 2.40 bits per heavy atom. The molecule has 2 aromatic carbocycles. The molecule has 40 heavy (non-hydrogen) atoms. The lowest BCUT2D eigenvalue weighted by molar-refractivity contribution is 0.207. The number of aromatic nitrogens is 4. The van der Waals surface area contributed by atoms with Crippen molar-refractivity contribution in [1.29, 1.82) is 0 Å². The molecule has 0 saturated carbocycles. The molecule has 4 aromatic rings. The summed E-state index contributed by atoms with van der Waals surface area (Å²) in [6, 6.07) is 12.9. The van der Waals surface area contributed by atoms with Crippen molar-refractivity contribution in [2.75, 3.05) is 25.0 Å². The molecule has 1 saturated heterocycles. The first-order valence-electron chi connectivity index (χ1n) is 14.2. The van der Waals surface area contributed by atoms with Gasteiger partial charge in [-0.2, -0.15) is 10.1 Å². The highest BCUT2D eigenvalue weighted by molar-refractivity contribution is 5.76. The van der Waals surface area contributed by atoms with Gasteiger partial charge in [-0.25, -0.2) is 4.98 Å². The van der Waals surface area contributed by atoms with E-state index in [1.54, 1.807) is 11.0 Å². The first-order chi connectivity index (χ1) is 19.4. The van der Waals surface area contributed by atoms with Crippen LogP contribution in [0.4, 0.5) is 6.01 Å². The van der Waals surface area contributed by atoms with E-state index in [4.69, 9.17) is 18.6 Å². The van der Waals surface area contributed by atoms with Crippen LogP contribution < -0.4 is 19.5 Å². The molecule has 0 spiro atoms. The first-order valence-corrected chi connectivity index (χ1v) is 14.2. The fraction of sp³-hybridized carbons (Fsp3) is 0.500. The SMILES string of the molecule is CC(C)Oc1cc(CN2CCC(Nc3nc4cc(OCCCn5cncn5)ccc4o3)CC2)cc(OC(C)C)c1. The van der Waals surface area contributed by atoms with Gasteiger partial charge in [-0.1, -0.05) is 0 Å². The quantitative estimate of drug-likeness (QED) is 0.216. The standard InChI is InChI=1S/C30H40N6O4/c1-21(2)38-26-14-23(15-27(16-26)39-22(3)4)18-35-11-8-24(9-12-35)33-30-34-28-17-25(6-7-29(28)40-30)37-13-5-10-36-20-31-19-32-36/h6-7,14-17,19-22,24H,5,8-13,18H2,1-4H3,(H,33,34). The normalized spacial score (nSPS) is 14.8. The van der Waals surface area contributed by atoms with E-state index in [2.05, 4.69) is 37.4 Å². The molecule has 1 N–H and O–H groups in total. The van der Waals surface area contributed by atoms with Gasteiger partial charge in [0.25, 0.3) is 6.01 Å². The molecule has 214 valence electrons. The minimum atomic E-state index is 0.117. The number of nitrogens with zero attached hydrogens (tertiary/aromatic N) is 5. The summed E-state index contributed by atoms with van der Waals surface area (Å²) in [7, 11) is 0. The molecule has 0 aliphatic carbocycles. The Labute approximate surface area is 235 Å². The van der Waals surface area contributed by atoms with Gasteiger partial charge in [-0.15, -0.1) is 0 Å². The number of hydrogen-bond acceptors (Lipinski definition) is 9. The number of nitrogens with one attached hydrogen (secondary N) is 1. The van der Waals surface area contributed by atoms with Crippen molar-refractivity contribution in [1.82, 2.24) is 24.6 Å². The molecule has 0 bridgehead atoms. The zero-order valence-electron chi connectivity index (χ0n) is 23.9. The second kappa shape index (κ2) is 13.0. The van der Waals surface area contributed by atoms with Crippen LogP contribution in [0.1, 0.15) is 52.5 Å². The van der Waals surface area contributed by atoms with E-state index >= 15 is 0 Å². The maximum absolute atomic E-state index is 5.98. The highest BCUT2D eigenvalue weighted by atomic mass is 16.5. The highest BCUT2D eigenvalue weighted by Crippen LogP contribution is 2.28. The third-order valence-electron chi connectivity index (χ3n) is 6.63. The van der Waals surface area contributed by atoms with Gasteiger partial charge in [0.15, 0.2) is 5.58 Å². The summed E-state index contributed by atoms with van der Waals surface area (Å²) in [5.74, 6) is 2.50. The van der Waals surface area contributed by atoms with Gasteiger partial charge in [0.1, 0.15) is 35.4 Å². The predicted molar refractivity (Wildman–Crippen MR) is 154 cm³/mol. The molecule has 1 aliphatic heterocycles. The Kier molecular flexibility index (Phi) is 9.05. The summed E-state index contributed by atoms with van der Waals surface area (Å²) in [6.45, 7) is 12.4. The molecule has 2 aromatic heterocycles. The van der Waals surface area contributed by atoms with Crippen molar-refractivity contribution in [3.8, 4) is 17.2 Å². The number of rotatable bonds is 13. The zero-order valence-corrected chi connectivity index (χ0v) is 23.9. The Morgan fingerprint density at radius 2 is 1.73 bits per heavy atom. The summed E-state index contributed by atoms with van der Waals surface area (Å²) in [5, 5.41) is 7.61. The van der Waals surface area contributed by atoms with Crippen LogP contribution in [-0.4, -0.2) is 62.6 Å². The van der Waals surface area contributed by atoms with Crippen LogP contribution in [0.25, 0.3) is 11.1 Å². The summed E-state index contributed by atoms with van der Waals surface area (Å²) >= 11 is 0. The van der Waals surface area contributed by atoms with Crippen LogP contribution in [0.3, 0.4) is 0 Å². The van der Waals surface area contributed by atoms with Crippen LogP contribution in [-0.2, 0) is 13.1 Å². The van der Waals surface area contributed by atoms with Crippen LogP contribution >= 0.6 is 0 Å². The number of piperidine rings is 1. The lowest BCUT2D eigenvalue weighted by atomic mass is 10.0. The molecule has 1 fully saturated rings. The summed E-state index contributed by atoms with van der Waals surface area (Å²) in [6.07, 6.45) is 6.34. The lowest BCUT2D eigenvalue weighted by Crippen LogP contribution is -2.38. The number of fused-ring (bicyclic) bond motifs is 1. The summed E-state index contributed by atoms with van der Waals surface area (Å²) in [5.41, 5.74) is 2.74. The van der Waals surface area contributed by atoms with Crippen molar-refractivity contribution in [3.05, 3.63) is 54.6 Å². The monoisotopic (exact) mass is 548 g/mol. The largest absolute Gasteiger partial charge is 0.493 e. The van der Waals surface area contributed by atoms with Crippen molar-refractivity contribution < 1.29 is 18.6 Å². The number of benzene rings is 2. The van der Waals surface area contributed by atoms with E-state index in [1.807, 2.05) is 52.0 Å². The molecule has 10 nitrogen and oxygen atoms in total. The third-order valence-corrected chi connectivity index (χ3v) is 6.63.